The van der Waals surface area contributed by atoms with Gasteiger partial charge in [-0.3, -0.25) is 4.79 Å². The van der Waals surface area contributed by atoms with Crippen LogP contribution in [0.15, 0.2) is 30.6 Å². The summed E-state index contributed by atoms with van der Waals surface area (Å²) in [6, 6.07) is 5.07. The van der Waals surface area contributed by atoms with E-state index in [1.165, 1.54) is 7.11 Å². The van der Waals surface area contributed by atoms with Gasteiger partial charge in [-0.15, -0.1) is 0 Å². The Bertz CT molecular complexity index is 599. The van der Waals surface area contributed by atoms with Gasteiger partial charge in [0.1, 0.15) is 0 Å². The van der Waals surface area contributed by atoms with E-state index >= 15 is 0 Å². The molecule has 0 radical (unpaired) electrons. The highest BCUT2D eigenvalue weighted by molar-refractivity contribution is 6.01. The quantitative estimate of drug-likeness (QED) is 0.804. The smallest absolute Gasteiger partial charge is 0.253 e. The molecule has 0 saturated carbocycles. The van der Waals surface area contributed by atoms with E-state index < -0.39 is 0 Å². The normalized spacial score (nSPS) is 10.0. The zero-order valence-corrected chi connectivity index (χ0v) is 10.7. The molecule has 0 atom stereocenters. The number of methoxy groups -OCH3 is 1. The van der Waals surface area contributed by atoms with Gasteiger partial charge < -0.3 is 15.8 Å². The Morgan fingerprint density at radius 2 is 2.00 bits per heavy atom. The molecule has 3 N–H and O–H groups in total. The zero-order valence-electron chi connectivity index (χ0n) is 10.7. The van der Waals surface area contributed by atoms with Gasteiger partial charge in [-0.25, -0.2) is 9.97 Å². The van der Waals surface area contributed by atoms with Crippen LogP contribution in [0, 0.1) is 0 Å². The number of hydrogen-bond acceptors (Lipinski definition) is 5. The van der Waals surface area contributed by atoms with Gasteiger partial charge in [0.2, 0.25) is 0 Å². The number of benzene rings is 1. The first-order valence-electron chi connectivity index (χ1n) is 5.65. The molecule has 0 aliphatic rings. The van der Waals surface area contributed by atoms with Crippen molar-refractivity contribution in [2.45, 2.75) is 0 Å². The summed E-state index contributed by atoms with van der Waals surface area (Å²) in [6.07, 6.45) is 3.26. The molecule has 19 heavy (non-hydrogen) atoms. The minimum absolute atomic E-state index is 0.267. The van der Waals surface area contributed by atoms with Gasteiger partial charge in [-0.05, 0) is 18.2 Å². The largest absolute Gasteiger partial charge is 0.494 e. The predicted octanol–water partition coefficient (Wildman–Crippen LogP) is 1.09. The summed E-state index contributed by atoms with van der Waals surface area (Å²) in [5, 5.41) is 2.53. The first kappa shape index (κ1) is 12.8. The van der Waals surface area contributed by atoms with E-state index in [0.29, 0.717) is 22.7 Å². The number of aromatic nitrogens is 2. The van der Waals surface area contributed by atoms with Gasteiger partial charge in [-0.2, -0.15) is 0 Å². The molecular formula is C13H14N4O2. The summed E-state index contributed by atoms with van der Waals surface area (Å²) in [4.78, 5) is 20.0. The van der Waals surface area contributed by atoms with Crippen LogP contribution in [0.4, 0.5) is 5.69 Å². The number of amides is 1. The third kappa shape index (κ3) is 2.33. The molecule has 1 aromatic carbocycles. The van der Waals surface area contributed by atoms with E-state index in [1.54, 1.807) is 37.6 Å². The van der Waals surface area contributed by atoms with Crippen LogP contribution in [0.25, 0.3) is 11.4 Å². The second-order valence-electron chi connectivity index (χ2n) is 3.76. The first-order valence-corrected chi connectivity index (χ1v) is 5.65. The van der Waals surface area contributed by atoms with Crippen molar-refractivity contribution in [1.82, 2.24) is 15.3 Å². The van der Waals surface area contributed by atoms with E-state index in [2.05, 4.69) is 15.3 Å². The third-order valence-electron chi connectivity index (χ3n) is 2.68. The molecule has 0 unspecified atom stereocenters. The number of nitrogens with two attached hydrogens (primary N) is 1. The Labute approximate surface area is 110 Å². The van der Waals surface area contributed by atoms with E-state index in [4.69, 9.17) is 10.5 Å². The topological polar surface area (TPSA) is 90.1 Å². The minimum atomic E-state index is -0.267. The fourth-order valence-electron chi connectivity index (χ4n) is 1.77. The van der Waals surface area contributed by atoms with Crippen LogP contribution in [0.1, 0.15) is 10.4 Å². The molecular weight excluding hydrogens is 244 g/mol. The highest BCUT2D eigenvalue weighted by Crippen LogP contribution is 2.35. The molecule has 1 aromatic heterocycles. The number of carbonyl (C=O) groups excluding carboxylic acids is 1. The lowest BCUT2D eigenvalue weighted by Crippen LogP contribution is -2.19. The summed E-state index contributed by atoms with van der Waals surface area (Å²) < 4.78 is 5.28. The van der Waals surface area contributed by atoms with Crippen LogP contribution in [0.2, 0.25) is 0 Å². The first-order chi connectivity index (χ1) is 9.19. The molecule has 0 aliphatic carbocycles. The van der Waals surface area contributed by atoms with Crippen molar-refractivity contribution >= 4 is 11.6 Å². The minimum Gasteiger partial charge on any atom is -0.494 e. The van der Waals surface area contributed by atoms with Gasteiger partial charge in [0.25, 0.3) is 5.91 Å². The third-order valence-corrected chi connectivity index (χ3v) is 2.68. The van der Waals surface area contributed by atoms with E-state index in [0.717, 1.165) is 0 Å². The maximum atomic E-state index is 11.7. The number of nitrogen functional groups attached to an aromatic ring is 1. The number of nitrogens with zero attached hydrogens (tertiary/aromatic N) is 2. The van der Waals surface area contributed by atoms with Crippen molar-refractivity contribution in [2.24, 2.45) is 0 Å². The SMILES string of the molecule is CNC(=O)c1ccc(-c2ncccn2)c(OC)c1N. The Morgan fingerprint density at radius 1 is 1.32 bits per heavy atom. The molecule has 0 fully saturated rings. The fourth-order valence-corrected chi connectivity index (χ4v) is 1.77. The molecule has 2 aromatic rings. The summed E-state index contributed by atoms with van der Waals surface area (Å²) in [5.74, 6) is 0.623. The van der Waals surface area contributed by atoms with E-state index in [1.807, 2.05) is 0 Å². The van der Waals surface area contributed by atoms with E-state index in [-0.39, 0.29) is 11.6 Å². The molecule has 0 saturated heterocycles. The number of hydrogen-bond donors (Lipinski definition) is 2. The van der Waals surface area contributed by atoms with Crippen molar-refractivity contribution in [3.05, 3.63) is 36.2 Å². The highest BCUT2D eigenvalue weighted by atomic mass is 16.5. The van der Waals surface area contributed by atoms with Crippen LogP contribution in [0.3, 0.4) is 0 Å². The second-order valence-corrected chi connectivity index (χ2v) is 3.76. The molecule has 0 aliphatic heterocycles. The number of nitrogens with one attached hydrogen (secondary N) is 1. The molecule has 0 spiro atoms. The number of ether oxygens (including phenoxy) is 1. The molecule has 0 bridgehead atoms. The summed E-state index contributed by atoms with van der Waals surface area (Å²) in [5.41, 5.74) is 7.24. The monoisotopic (exact) mass is 258 g/mol. The van der Waals surface area contributed by atoms with Crippen LogP contribution in [0.5, 0.6) is 5.75 Å². The molecule has 6 nitrogen and oxygen atoms in total. The van der Waals surface area contributed by atoms with Crippen molar-refractivity contribution < 1.29 is 9.53 Å². The average molecular weight is 258 g/mol. The Balaban J connectivity index is 2.59. The van der Waals surface area contributed by atoms with Crippen LogP contribution in [-0.4, -0.2) is 30.0 Å². The fraction of sp³-hybridized carbons (Fsp3) is 0.154. The lowest BCUT2D eigenvalue weighted by molar-refractivity contribution is 0.0963. The Morgan fingerprint density at radius 3 is 2.58 bits per heavy atom. The number of anilines is 1. The maximum absolute atomic E-state index is 11.7. The molecule has 98 valence electrons. The Hall–Kier alpha value is -2.63. The second kappa shape index (κ2) is 5.34. The maximum Gasteiger partial charge on any atom is 0.253 e. The van der Waals surface area contributed by atoms with Crippen LogP contribution >= 0.6 is 0 Å². The van der Waals surface area contributed by atoms with Gasteiger partial charge in [0.05, 0.1) is 23.9 Å². The summed E-state index contributed by atoms with van der Waals surface area (Å²) >= 11 is 0. The molecule has 6 heteroatoms. The van der Waals surface area contributed by atoms with Gasteiger partial charge >= 0.3 is 0 Å². The van der Waals surface area contributed by atoms with Crippen molar-refractivity contribution in [2.75, 3.05) is 19.9 Å². The van der Waals surface area contributed by atoms with Gasteiger partial charge in [0, 0.05) is 19.4 Å². The predicted molar refractivity (Wildman–Crippen MR) is 71.8 cm³/mol. The van der Waals surface area contributed by atoms with Crippen LogP contribution in [-0.2, 0) is 0 Å². The average Bonchev–Trinajstić information content (AvgIpc) is 2.47. The standard InChI is InChI=1S/C13H14N4O2/c1-15-13(18)8-4-5-9(11(19-2)10(8)14)12-16-6-3-7-17-12/h3-7H,14H2,1-2H3,(H,15,18). The molecule has 2 rings (SSSR count). The van der Waals surface area contributed by atoms with E-state index in [9.17, 15) is 4.79 Å². The van der Waals surface area contributed by atoms with Crippen molar-refractivity contribution in [3.63, 3.8) is 0 Å². The number of carbonyl (C=O) groups is 1. The number of rotatable bonds is 3. The summed E-state index contributed by atoms with van der Waals surface area (Å²) in [6.45, 7) is 0. The highest BCUT2D eigenvalue weighted by Gasteiger charge is 2.17. The van der Waals surface area contributed by atoms with Crippen LogP contribution < -0.4 is 15.8 Å². The molecule has 1 amide bonds. The Kier molecular flexibility index (Phi) is 3.61. The lowest BCUT2D eigenvalue weighted by atomic mass is 10.1. The summed E-state index contributed by atoms with van der Waals surface area (Å²) in [7, 11) is 3.04. The zero-order chi connectivity index (χ0) is 13.8. The molecule has 1 heterocycles. The lowest BCUT2D eigenvalue weighted by Gasteiger charge is -2.13. The van der Waals surface area contributed by atoms with Crippen molar-refractivity contribution in [3.8, 4) is 17.1 Å². The van der Waals surface area contributed by atoms with Gasteiger partial charge in [-0.1, -0.05) is 0 Å². The van der Waals surface area contributed by atoms with Gasteiger partial charge in [0.15, 0.2) is 11.6 Å². The van der Waals surface area contributed by atoms with Crippen molar-refractivity contribution in [1.29, 1.82) is 0 Å².